The van der Waals surface area contributed by atoms with E-state index < -0.39 is 5.97 Å². The van der Waals surface area contributed by atoms with Crippen molar-refractivity contribution in [3.63, 3.8) is 0 Å². The Kier molecular flexibility index (Phi) is 6.26. The van der Waals surface area contributed by atoms with E-state index in [9.17, 15) is 4.79 Å². The molecule has 7 heteroatoms. The van der Waals surface area contributed by atoms with E-state index in [-0.39, 0.29) is 0 Å². The van der Waals surface area contributed by atoms with E-state index in [1.165, 1.54) is 0 Å². The first kappa shape index (κ1) is 19.1. The Morgan fingerprint density at radius 3 is 2.56 bits per heavy atom. The van der Waals surface area contributed by atoms with Crippen LogP contribution in [0.3, 0.4) is 0 Å². The maximum absolute atomic E-state index is 12.4. The minimum absolute atomic E-state index is 0.300. The second-order valence-corrected chi connectivity index (χ2v) is 7.09. The first-order valence-electron chi connectivity index (χ1n) is 8.68. The third-order valence-electron chi connectivity index (χ3n) is 3.84. The number of hydrogen-bond donors (Lipinski definition) is 1. The molecule has 0 aliphatic carbocycles. The molecular weight excluding hydrogens is 364 g/mol. The number of aryl methyl sites for hydroxylation is 1. The number of methoxy groups -OCH3 is 1. The molecule has 2 heterocycles. The Labute approximate surface area is 162 Å². The summed E-state index contributed by atoms with van der Waals surface area (Å²) in [5.74, 6) is 0.935. The normalized spacial score (nSPS) is 10.8. The number of esters is 1. The van der Waals surface area contributed by atoms with Gasteiger partial charge in [-0.3, -0.25) is 0 Å². The summed E-state index contributed by atoms with van der Waals surface area (Å²) in [6.45, 7) is 5.13. The van der Waals surface area contributed by atoms with Crippen molar-refractivity contribution in [3.8, 4) is 27.7 Å². The summed E-state index contributed by atoms with van der Waals surface area (Å²) in [6, 6.07) is 11.5. The highest BCUT2D eigenvalue weighted by molar-refractivity contribution is 7.15. The van der Waals surface area contributed by atoms with E-state index in [4.69, 9.17) is 14.2 Å². The molecule has 142 valence electrons. The van der Waals surface area contributed by atoms with Crippen molar-refractivity contribution >= 4 is 17.3 Å². The van der Waals surface area contributed by atoms with Gasteiger partial charge in [-0.2, -0.15) is 0 Å². The quantitative estimate of drug-likeness (QED) is 0.461. The molecule has 3 rings (SSSR count). The average Bonchev–Trinajstić information content (AvgIpc) is 3.29. The fourth-order valence-corrected chi connectivity index (χ4v) is 3.43. The van der Waals surface area contributed by atoms with Crippen LogP contribution in [0.15, 0.2) is 36.4 Å². The third-order valence-corrected chi connectivity index (χ3v) is 4.86. The van der Waals surface area contributed by atoms with Gasteiger partial charge in [0.05, 0.1) is 23.8 Å². The maximum atomic E-state index is 12.4. The monoisotopic (exact) mass is 386 g/mol. The number of nitrogens with zero attached hydrogens (tertiary/aromatic N) is 1. The second-order valence-electron chi connectivity index (χ2n) is 5.81. The summed E-state index contributed by atoms with van der Waals surface area (Å²) in [7, 11) is 1.64. The number of carbonyl (C=O) groups excluding carboxylic acids is 1. The number of aromatic nitrogens is 2. The van der Waals surface area contributed by atoms with Crippen molar-refractivity contribution in [2.45, 2.75) is 13.8 Å². The Morgan fingerprint density at radius 2 is 1.93 bits per heavy atom. The molecule has 1 aromatic carbocycles. The Bertz CT molecular complexity index is 899. The molecular formula is C20H22N2O4S. The van der Waals surface area contributed by atoms with Crippen LogP contribution in [0.4, 0.5) is 0 Å². The fourth-order valence-electron chi connectivity index (χ4n) is 2.56. The number of rotatable bonds is 8. The van der Waals surface area contributed by atoms with Gasteiger partial charge in [-0.25, -0.2) is 9.78 Å². The number of imidazole rings is 1. The van der Waals surface area contributed by atoms with Crippen LogP contribution in [0.2, 0.25) is 0 Å². The van der Waals surface area contributed by atoms with Gasteiger partial charge >= 0.3 is 5.97 Å². The van der Waals surface area contributed by atoms with E-state index in [1.807, 2.05) is 43.3 Å². The second kappa shape index (κ2) is 8.83. The number of ether oxygens (including phenoxy) is 3. The Hall–Kier alpha value is -2.64. The van der Waals surface area contributed by atoms with Crippen molar-refractivity contribution < 1.29 is 19.0 Å². The number of hydrogen-bond acceptors (Lipinski definition) is 6. The lowest BCUT2D eigenvalue weighted by Gasteiger charge is -2.05. The number of nitrogens with one attached hydrogen (secondary N) is 1. The summed E-state index contributed by atoms with van der Waals surface area (Å²) < 4.78 is 15.7. The van der Waals surface area contributed by atoms with Gasteiger partial charge in [0, 0.05) is 17.6 Å². The molecule has 2 aromatic heterocycles. The van der Waals surface area contributed by atoms with Crippen LogP contribution in [0.5, 0.6) is 5.75 Å². The largest absolute Gasteiger partial charge is 0.491 e. The van der Waals surface area contributed by atoms with Crippen LogP contribution in [-0.4, -0.2) is 42.9 Å². The summed E-state index contributed by atoms with van der Waals surface area (Å²) >= 11 is 1.60. The lowest BCUT2D eigenvalue weighted by molar-refractivity contribution is 0.0521. The van der Waals surface area contributed by atoms with Gasteiger partial charge in [0.25, 0.3) is 0 Å². The first-order chi connectivity index (χ1) is 13.1. The molecule has 3 aromatic rings. The van der Waals surface area contributed by atoms with E-state index in [2.05, 4.69) is 9.97 Å². The molecule has 27 heavy (non-hydrogen) atoms. The molecule has 0 atom stereocenters. The lowest BCUT2D eigenvalue weighted by Crippen LogP contribution is -2.06. The Balaban J connectivity index is 1.90. The van der Waals surface area contributed by atoms with Crippen LogP contribution >= 0.6 is 11.3 Å². The lowest BCUT2D eigenvalue weighted by atomic mass is 10.2. The van der Waals surface area contributed by atoms with Crippen molar-refractivity contribution in [1.82, 2.24) is 9.97 Å². The van der Waals surface area contributed by atoms with Gasteiger partial charge in [-0.1, -0.05) is 0 Å². The van der Waals surface area contributed by atoms with Gasteiger partial charge in [0.2, 0.25) is 0 Å². The third kappa shape index (κ3) is 4.56. The first-order valence-corrected chi connectivity index (χ1v) is 9.50. The summed E-state index contributed by atoms with van der Waals surface area (Å²) in [6.07, 6.45) is 0. The summed E-state index contributed by atoms with van der Waals surface area (Å²) in [4.78, 5) is 22.3. The van der Waals surface area contributed by atoms with Crippen molar-refractivity contribution in [2.75, 3.05) is 26.9 Å². The highest BCUT2D eigenvalue weighted by Gasteiger charge is 2.21. The van der Waals surface area contributed by atoms with Crippen LogP contribution in [0.1, 0.15) is 22.3 Å². The average molecular weight is 386 g/mol. The Morgan fingerprint density at radius 1 is 1.15 bits per heavy atom. The van der Waals surface area contributed by atoms with Crippen LogP contribution in [0.25, 0.3) is 22.0 Å². The number of carbonyl (C=O) groups is 1. The summed E-state index contributed by atoms with van der Waals surface area (Å²) in [5, 5.41) is 0. The van der Waals surface area contributed by atoms with Crippen molar-refractivity contribution in [2.24, 2.45) is 0 Å². The predicted octanol–water partition coefficient (Wildman–Crippen LogP) is 4.32. The number of thiophene rings is 1. The minimum atomic E-state index is -0.430. The standard InChI is InChI=1S/C20H22N2O4S/c1-4-25-20(23)18-17(16-10-5-13(2)27-16)21-19(22-18)14-6-8-15(9-7-14)26-12-11-24-3/h5-10H,4,11-12H2,1-3H3,(H,21,22). The van der Waals surface area contributed by atoms with Gasteiger partial charge in [-0.05, 0) is 50.2 Å². The minimum Gasteiger partial charge on any atom is -0.491 e. The highest BCUT2D eigenvalue weighted by Crippen LogP contribution is 2.32. The predicted molar refractivity (Wildman–Crippen MR) is 105 cm³/mol. The van der Waals surface area contributed by atoms with E-state index >= 15 is 0 Å². The van der Waals surface area contributed by atoms with E-state index in [1.54, 1.807) is 25.4 Å². The van der Waals surface area contributed by atoms with Crippen LogP contribution in [-0.2, 0) is 9.47 Å². The van der Waals surface area contributed by atoms with Crippen molar-refractivity contribution in [1.29, 1.82) is 0 Å². The molecule has 0 aliphatic heterocycles. The van der Waals surface area contributed by atoms with Gasteiger partial charge < -0.3 is 19.2 Å². The molecule has 0 spiro atoms. The van der Waals surface area contributed by atoms with E-state index in [0.717, 1.165) is 21.1 Å². The zero-order valence-electron chi connectivity index (χ0n) is 15.6. The SMILES string of the molecule is CCOC(=O)c1nc(-c2ccc(OCCOC)cc2)[nH]c1-c1ccc(C)s1. The number of aromatic amines is 1. The molecule has 0 saturated heterocycles. The molecule has 0 aliphatic rings. The zero-order valence-corrected chi connectivity index (χ0v) is 16.4. The topological polar surface area (TPSA) is 73.4 Å². The van der Waals surface area contributed by atoms with Gasteiger partial charge in [0.1, 0.15) is 18.2 Å². The highest BCUT2D eigenvalue weighted by atomic mass is 32.1. The zero-order chi connectivity index (χ0) is 19.2. The number of benzene rings is 1. The molecule has 0 radical (unpaired) electrons. The van der Waals surface area contributed by atoms with Gasteiger partial charge in [-0.15, -0.1) is 11.3 Å². The molecule has 1 N–H and O–H groups in total. The fraction of sp³-hybridized carbons (Fsp3) is 0.300. The van der Waals surface area contributed by atoms with Crippen LogP contribution < -0.4 is 4.74 Å². The van der Waals surface area contributed by atoms with Crippen LogP contribution in [0, 0.1) is 6.92 Å². The molecule has 0 unspecified atom stereocenters. The molecule has 0 saturated carbocycles. The van der Waals surface area contributed by atoms with Gasteiger partial charge in [0.15, 0.2) is 5.69 Å². The maximum Gasteiger partial charge on any atom is 0.359 e. The number of H-pyrrole nitrogens is 1. The molecule has 0 fully saturated rings. The molecule has 0 amide bonds. The van der Waals surface area contributed by atoms with Crippen molar-refractivity contribution in [3.05, 3.63) is 47.0 Å². The molecule has 0 bridgehead atoms. The van der Waals surface area contributed by atoms with E-state index in [0.29, 0.717) is 37.0 Å². The smallest absolute Gasteiger partial charge is 0.359 e. The summed E-state index contributed by atoms with van der Waals surface area (Å²) in [5.41, 5.74) is 1.84. The molecule has 6 nitrogen and oxygen atoms in total.